The molecule has 1 aromatic carbocycles. The van der Waals surface area contributed by atoms with Gasteiger partial charge in [-0.3, -0.25) is 0 Å². The van der Waals surface area contributed by atoms with E-state index in [1.54, 1.807) is 36.5 Å². The highest BCUT2D eigenvalue weighted by Crippen LogP contribution is 2.25. The van der Waals surface area contributed by atoms with Crippen molar-refractivity contribution in [2.45, 2.75) is 13.1 Å². The Kier molecular flexibility index (Phi) is 4.30. The number of benzene rings is 1. The van der Waals surface area contributed by atoms with Crippen molar-refractivity contribution in [1.29, 1.82) is 0 Å². The lowest BCUT2D eigenvalue weighted by atomic mass is 10.1. The normalized spacial score (nSPS) is 11.9. The molecule has 0 saturated carbocycles. The fraction of sp³-hybridized carbons (Fsp3) is 0.214. The first-order valence-corrected chi connectivity index (χ1v) is 5.96. The molecule has 0 amide bonds. The van der Waals surface area contributed by atoms with Gasteiger partial charge in [-0.25, -0.2) is 15.2 Å². The van der Waals surface area contributed by atoms with Gasteiger partial charge in [0.05, 0.1) is 0 Å². The van der Waals surface area contributed by atoms with Crippen molar-refractivity contribution in [3.8, 4) is 5.75 Å². The van der Waals surface area contributed by atoms with E-state index in [0.29, 0.717) is 17.1 Å². The molecule has 0 saturated heterocycles. The number of pyridine rings is 1. The monoisotopic (exact) mass is 261 g/mol. The summed E-state index contributed by atoms with van der Waals surface area (Å²) in [6, 6.07) is 10.6. The lowest BCUT2D eigenvalue weighted by Gasteiger charge is -2.13. The predicted molar refractivity (Wildman–Crippen MR) is 72.6 cm³/mol. The van der Waals surface area contributed by atoms with E-state index < -0.39 is 6.17 Å². The molecule has 0 aliphatic heterocycles. The number of alkyl halides is 1. The minimum absolute atomic E-state index is 0.0428. The van der Waals surface area contributed by atoms with E-state index >= 15 is 0 Å². The van der Waals surface area contributed by atoms with E-state index in [0.717, 1.165) is 5.56 Å². The Bertz CT molecular complexity index is 533. The molecule has 2 rings (SSSR count). The third kappa shape index (κ3) is 3.20. The zero-order valence-electron chi connectivity index (χ0n) is 10.6. The highest BCUT2D eigenvalue weighted by atomic mass is 19.1. The summed E-state index contributed by atoms with van der Waals surface area (Å²) >= 11 is 0. The van der Waals surface area contributed by atoms with Crippen molar-refractivity contribution in [3.63, 3.8) is 0 Å². The third-order valence-corrected chi connectivity index (χ3v) is 2.84. The second-order valence-corrected chi connectivity index (χ2v) is 4.12. The molecular formula is C14H16FN3O. The van der Waals surface area contributed by atoms with Crippen LogP contribution in [0, 0.1) is 6.92 Å². The number of ether oxygens (including phenoxy) is 1. The van der Waals surface area contributed by atoms with E-state index in [1.165, 1.54) is 0 Å². The van der Waals surface area contributed by atoms with E-state index in [9.17, 15) is 4.39 Å². The van der Waals surface area contributed by atoms with Gasteiger partial charge in [0.1, 0.15) is 18.2 Å². The molecule has 3 N–H and O–H groups in total. The van der Waals surface area contributed by atoms with Crippen LogP contribution in [-0.4, -0.2) is 11.6 Å². The number of nitrogen functional groups attached to an aromatic ring is 1. The van der Waals surface area contributed by atoms with E-state index in [1.807, 2.05) is 13.0 Å². The zero-order valence-corrected chi connectivity index (χ0v) is 10.6. The Balaban J connectivity index is 2.03. The van der Waals surface area contributed by atoms with Crippen LogP contribution in [0.15, 0.2) is 42.6 Å². The van der Waals surface area contributed by atoms with Gasteiger partial charge in [0.2, 0.25) is 0 Å². The second-order valence-electron chi connectivity index (χ2n) is 4.12. The van der Waals surface area contributed by atoms with Gasteiger partial charge in [-0.1, -0.05) is 30.3 Å². The predicted octanol–water partition coefficient (Wildman–Crippen LogP) is 2.77. The summed E-state index contributed by atoms with van der Waals surface area (Å²) in [5.41, 5.74) is 3.83. The van der Waals surface area contributed by atoms with Crippen LogP contribution in [0.1, 0.15) is 17.3 Å². The summed E-state index contributed by atoms with van der Waals surface area (Å²) in [5, 5.41) is 0. The summed E-state index contributed by atoms with van der Waals surface area (Å²) < 4.78 is 19.4. The summed E-state index contributed by atoms with van der Waals surface area (Å²) in [6.45, 7) is 1.77. The number of aromatic nitrogens is 1. The number of hydrogen-bond donors (Lipinski definition) is 2. The molecule has 0 fully saturated rings. The molecule has 5 heteroatoms. The highest BCUT2D eigenvalue weighted by molar-refractivity contribution is 5.49. The Hall–Kier alpha value is -2.14. The molecule has 1 unspecified atom stereocenters. The number of nitrogens with two attached hydrogens (primary N) is 1. The average Bonchev–Trinajstić information content (AvgIpc) is 2.47. The quantitative estimate of drug-likeness (QED) is 0.642. The maximum absolute atomic E-state index is 14.0. The first-order chi connectivity index (χ1) is 9.22. The van der Waals surface area contributed by atoms with Gasteiger partial charge in [0.15, 0.2) is 6.17 Å². The molecule has 1 aromatic heterocycles. The van der Waals surface area contributed by atoms with Crippen molar-refractivity contribution < 1.29 is 9.13 Å². The van der Waals surface area contributed by atoms with Crippen LogP contribution >= 0.6 is 0 Å². The SMILES string of the molecule is Cc1c(OCC(F)c2ccccc2)ccnc1NN. The number of rotatable bonds is 5. The van der Waals surface area contributed by atoms with Crippen LogP contribution < -0.4 is 16.0 Å². The average molecular weight is 261 g/mol. The van der Waals surface area contributed by atoms with Crippen molar-refractivity contribution in [2.24, 2.45) is 5.84 Å². The molecule has 100 valence electrons. The van der Waals surface area contributed by atoms with Gasteiger partial charge in [-0.15, -0.1) is 0 Å². The molecule has 1 heterocycles. The molecule has 4 nitrogen and oxygen atoms in total. The molecule has 19 heavy (non-hydrogen) atoms. The molecule has 0 radical (unpaired) electrons. The summed E-state index contributed by atoms with van der Waals surface area (Å²) in [5.74, 6) is 6.42. The van der Waals surface area contributed by atoms with Gasteiger partial charge in [0.25, 0.3) is 0 Å². The maximum atomic E-state index is 14.0. The van der Waals surface area contributed by atoms with Crippen LogP contribution in [0.25, 0.3) is 0 Å². The van der Waals surface area contributed by atoms with Crippen molar-refractivity contribution in [3.05, 3.63) is 53.7 Å². The minimum atomic E-state index is -1.16. The van der Waals surface area contributed by atoms with Gasteiger partial charge in [-0.05, 0) is 18.6 Å². The number of nitrogens with one attached hydrogen (secondary N) is 1. The largest absolute Gasteiger partial charge is 0.490 e. The molecule has 0 bridgehead atoms. The molecule has 0 spiro atoms. The Morgan fingerprint density at radius 2 is 2.05 bits per heavy atom. The van der Waals surface area contributed by atoms with Crippen LogP contribution in [0.3, 0.4) is 0 Å². The first kappa shape index (κ1) is 13.3. The minimum Gasteiger partial charge on any atom is -0.490 e. The molecule has 1 atom stereocenters. The maximum Gasteiger partial charge on any atom is 0.159 e. The summed E-state index contributed by atoms with van der Waals surface area (Å²) in [6.07, 6.45) is 0.399. The Morgan fingerprint density at radius 3 is 2.74 bits per heavy atom. The lowest BCUT2D eigenvalue weighted by Crippen LogP contribution is -2.12. The summed E-state index contributed by atoms with van der Waals surface area (Å²) in [4.78, 5) is 4.03. The van der Waals surface area contributed by atoms with E-state index in [4.69, 9.17) is 10.6 Å². The Labute approximate surface area is 111 Å². The van der Waals surface area contributed by atoms with Crippen LogP contribution in [0.4, 0.5) is 10.2 Å². The number of hydrogen-bond acceptors (Lipinski definition) is 4. The second kappa shape index (κ2) is 6.15. The zero-order chi connectivity index (χ0) is 13.7. The van der Waals surface area contributed by atoms with Gasteiger partial charge in [0, 0.05) is 11.8 Å². The smallest absolute Gasteiger partial charge is 0.159 e. The van der Waals surface area contributed by atoms with Crippen molar-refractivity contribution in [2.75, 3.05) is 12.0 Å². The van der Waals surface area contributed by atoms with Crippen LogP contribution in [0.5, 0.6) is 5.75 Å². The van der Waals surface area contributed by atoms with Crippen LogP contribution in [0.2, 0.25) is 0 Å². The standard InChI is InChI=1S/C14H16FN3O/c1-10-13(7-8-17-14(10)18-16)19-9-12(15)11-5-3-2-4-6-11/h2-8,12H,9,16H2,1H3,(H,17,18). The molecular weight excluding hydrogens is 245 g/mol. The number of nitrogens with zero attached hydrogens (tertiary/aromatic N) is 1. The molecule has 0 aliphatic carbocycles. The third-order valence-electron chi connectivity index (χ3n) is 2.84. The number of anilines is 1. The van der Waals surface area contributed by atoms with Crippen molar-refractivity contribution in [1.82, 2.24) is 4.98 Å². The van der Waals surface area contributed by atoms with Gasteiger partial charge >= 0.3 is 0 Å². The molecule has 2 aromatic rings. The van der Waals surface area contributed by atoms with Gasteiger partial charge < -0.3 is 10.2 Å². The number of hydrazine groups is 1. The van der Waals surface area contributed by atoms with Crippen molar-refractivity contribution >= 4 is 5.82 Å². The van der Waals surface area contributed by atoms with Crippen LogP contribution in [-0.2, 0) is 0 Å². The lowest BCUT2D eigenvalue weighted by molar-refractivity contribution is 0.197. The van der Waals surface area contributed by atoms with E-state index in [-0.39, 0.29) is 6.61 Å². The number of halogens is 1. The Morgan fingerprint density at radius 1 is 1.32 bits per heavy atom. The first-order valence-electron chi connectivity index (χ1n) is 5.96. The topological polar surface area (TPSA) is 60.2 Å². The van der Waals surface area contributed by atoms with E-state index in [2.05, 4.69) is 10.4 Å². The fourth-order valence-electron chi connectivity index (χ4n) is 1.74. The summed E-state index contributed by atoms with van der Waals surface area (Å²) in [7, 11) is 0. The fourth-order valence-corrected chi connectivity index (χ4v) is 1.74. The highest BCUT2D eigenvalue weighted by Gasteiger charge is 2.12. The van der Waals surface area contributed by atoms with Gasteiger partial charge in [-0.2, -0.15) is 0 Å². The molecule has 0 aliphatic rings.